The van der Waals surface area contributed by atoms with Crippen LogP contribution in [0, 0.1) is 11.3 Å². The van der Waals surface area contributed by atoms with Crippen LogP contribution in [-0.2, 0) is 4.79 Å². The lowest BCUT2D eigenvalue weighted by molar-refractivity contribution is -0.119. The summed E-state index contributed by atoms with van der Waals surface area (Å²) in [7, 11) is 0. The average Bonchev–Trinajstić information content (AvgIpc) is 2.60. The second-order valence-electron chi connectivity index (χ2n) is 7.53. The molecule has 0 heterocycles. The summed E-state index contributed by atoms with van der Waals surface area (Å²) in [6.07, 6.45) is 5.93. The average molecular weight is 450 g/mol. The minimum atomic E-state index is -0.504. The van der Waals surface area contributed by atoms with Crippen LogP contribution in [0.4, 0.5) is 0 Å². The highest BCUT2D eigenvalue weighted by atomic mass is 35.5. The molecule has 3 N–H and O–H groups in total. The SMILES string of the molecule is CC(C)(C)NN.CC1=CC=CC(C)C1(C)C(=O)Cl.Cl.O=C(Cl)c1ccccc1. The molecule has 4 nitrogen and oxygen atoms in total. The van der Waals surface area contributed by atoms with Crippen molar-refractivity contribution in [2.75, 3.05) is 0 Å². The number of rotatable bonds is 2. The van der Waals surface area contributed by atoms with E-state index in [9.17, 15) is 9.59 Å². The van der Waals surface area contributed by atoms with Gasteiger partial charge in [-0.1, -0.05) is 61.1 Å². The van der Waals surface area contributed by atoms with Crippen molar-refractivity contribution in [2.45, 2.75) is 47.1 Å². The van der Waals surface area contributed by atoms with Crippen LogP contribution in [0.5, 0.6) is 0 Å². The second-order valence-corrected chi connectivity index (χ2v) is 8.22. The molecule has 2 atom stereocenters. The summed E-state index contributed by atoms with van der Waals surface area (Å²) in [6.45, 7) is 11.9. The van der Waals surface area contributed by atoms with Crippen molar-refractivity contribution in [3.63, 3.8) is 0 Å². The summed E-state index contributed by atoms with van der Waals surface area (Å²) in [5, 5.41) is -0.677. The first-order chi connectivity index (χ1) is 12.4. The van der Waals surface area contributed by atoms with Crippen LogP contribution in [0.3, 0.4) is 0 Å². The Morgan fingerprint density at radius 1 is 1.14 bits per heavy atom. The van der Waals surface area contributed by atoms with Gasteiger partial charge in [-0.3, -0.25) is 20.9 Å². The van der Waals surface area contributed by atoms with E-state index in [2.05, 4.69) is 5.43 Å². The summed E-state index contributed by atoms with van der Waals surface area (Å²) < 4.78 is 0. The fraction of sp³-hybridized carbons (Fsp3) is 0.429. The van der Waals surface area contributed by atoms with Gasteiger partial charge in [-0.2, -0.15) is 0 Å². The fourth-order valence-corrected chi connectivity index (χ4v) is 2.44. The second kappa shape index (κ2) is 13.1. The van der Waals surface area contributed by atoms with Crippen LogP contribution >= 0.6 is 35.6 Å². The zero-order chi connectivity index (χ0) is 21.3. The summed E-state index contributed by atoms with van der Waals surface area (Å²) in [4.78, 5) is 21.6. The van der Waals surface area contributed by atoms with Crippen LogP contribution < -0.4 is 11.3 Å². The molecule has 0 saturated carbocycles. The van der Waals surface area contributed by atoms with Gasteiger partial charge < -0.3 is 0 Å². The molecule has 1 aromatic rings. The van der Waals surface area contributed by atoms with E-state index in [1.54, 1.807) is 24.3 Å². The third kappa shape index (κ3) is 9.85. The molecule has 2 rings (SSSR count). The molecule has 0 fully saturated rings. The molecule has 1 aliphatic rings. The van der Waals surface area contributed by atoms with Crippen LogP contribution in [0.1, 0.15) is 51.9 Å². The maximum Gasteiger partial charge on any atom is 0.252 e. The van der Waals surface area contributed by atoms with Crippen molar-refractivity contribution in [2.24, 2.45) is 17.2 Å². The molecule has 0 aromatic heterocycles. The van der Waals surface area contributed by atoms with Gasteiger partial charge in [-0.05, 0) is 63.7 Å². The normalized spacial score (nSPS) is 20.3. The van der Waals surface area contributed by atoms with E-state index in [-0.39, 0.29) is 29.1 Å². The molecule has 28 heavy (non-hydrogen) atoms. The Labute approximate surface area is 184 Å². The summed E-state index contributed by atoms with van der Waals surface area (Å²) in [5.41, 5.74) is 3.75. The van der Waals surface area contributed by atoms with E-state index in [1.807, 2.05) is 65.8 Å². The van der Waals surface area contributed by atoms with Gasteiger partial charge in [0.1, 0.15) is 0 Å². The van der Waals surface area contributed by atoms with Crippen LogP contribution in [0.2, 0.25) is 0 Å². The lowest BCUT2D eigenvalue weighted by Gasteiger charge is -2.33. The standard InChI is InChI=1S/C10H13ClO.C7H5ClO.C4H12N2.ClH/c1-7-5-4-6-8(2)10(7,3)9(11)12;8-7(9)6-4-2-1-3-5-6;1-4(2,3)6-5;/h4-7H,1-3H3;1-5H;6H,5H2,1-3H3;1H. The molecule has 1 aromatic carbocycles. The predicted octanol–water partition coefficient (Wildman–Crippen LogP) is 5.65. The Balaban J connectivity index is 0. The topological polar surface area (TPSA) is 72.2 Å². The van der Waals surface area contributed by atoms with Crippen molar-refractivity contribution in [3.8, 4) is 0 Å². The molecule has 1 aliphatic carbocycles. The first-order valence-corrected chi connectivity index (χ1v) is 9.40. The maximum absolute atomic E-state index is 11.2. The Bertz CT molecular complexity index is 683. The van der Waals surface area contributed by atoms with E-state index in [1.165, 1.54) is 0 Å². The first kappa shape index (κ1) is 29.0. The Kier molecular flexibility index (Phi) is 13.6. The third-order valence-electron chi connectivity index (χ3n) is 4.32. The van der Waals surface area contributed by atoms with Crippen LogP contribution in [0.15, 0.2) is 54.1 Å². The molecule has 2 unspecified atom stereocenters. The van der Waals surface area contributed by atoms with Crippen molar-refractivity contribution < 1.29 is 9.59 Å². The fourth-order valence-electron chi connectivity index (χ4n) is 1.99. The molecular weight excluding hydrogens is 419 g/mol. The number of carbonyl (C=O) groups is 2. The molecule has 0 bridgehead atoms. The van der Waals surface area contributed by atoms with Gasteiger partial charge in [-0.25, -0.2) is 0 Å². The molecule has 0 saturated heterocycles. The Hall–Kier alpha value is -1.17. The van der Waals surface area contributed by atoms with E-state index >= 15 is 0 Å². The van der Waals surface area contributed by atoms with Gasteiger partial charge in [-0.15, -0.1) is 12.4 Å². The highest BCUT2D eigenvalue weighted by Crippen LogP contribution is 2.40. The predicted molar refractivity (Wildman–Crippen MR) is 122 cm³/mol. The number of hydrogen-bond donors (Lipinski definition) is 2. The minimum absolute atomic E-state index is 0. The van der Waals surface area contributed by atoms with E-state index in [0.717, 1.165) is 5.57 Å². The van der Waals surface area contributed by atoms with Gasteiger partial charge in [0.25, 0.3) is 5.24 Å². The number of nitrogens with two attached hydrogens (primary N) is 1. The quantitative estimate of drug-likeness (QED) is 0.348. The molecule has 0 aliphatic heterocycles. The summed E-state index contributed by atoms with van der Waals surface area (Å²) in [5.74, 6) is 5.24. The van der Waals surface area contributed by atoms with Crippen molar-refractivity contribution in [1.82, 2.24) is 5.43 Å². The van der Waals surface area contributed by atoms with Gasteiger partial charge in [0.05, 0.1) is 5.41 Å². The van der Waals surface area contributed by atoms with E-state index < -0.39 is 10.7 Å². The molecule has 0 radical (unpaired) electrons. The monoisotopic (exact) mass is 448 g/mol. The first-order valence-electron chi connectivity index (χ1n) is 8.64. The number of carbonyl (C=O) groups excluding carboxylic acids is 2. The summed E-state index contributed by atoms with van der Waals surface area (Å²) >= 11 is 10.7. The number of nitrogens with one attached hydrogen (secondary N) is 1. The zero-order valence-electron chi connectivity index (χ0n) is 17.3. The van der Waals surface area contributed by atoms with Gasteiger partial charge in [0, 0.05) is 11.1 Å². The molecule has 0 spiro atoms. The number of allylic oxidation sites excluding steroid dienone is 4. The van der Waals surface area contributed by atoms with Crippen molar-refractivity contribution in [1.29, 1.82) is 0 Å². The largest absolute Gasteiger partial charge is 0.280 e. The van der Waals surface area contributed by atoms with E-state index in [4.69, 9.17) is 29.0 Å². The number of hydrazine groups is 1. The van der Waals surface area contributed by atoms with Gasteiger partial charge in [0.2, 0.25) is 5.24 Å². The smallest absolute Gasteiger partial charge is 0.252 e. The number of hydrogen-bond acceptors (Lipinski definition) is 4. The molecule has 158 valence electrons. The Morgan fingerprint density at radius 3 is 1.86 bits per heavy atom. The summed E-state index contributed by atoms with van der Waals surface area (Å²) in [6, 6.07) is 8.74. The number of halogens is 3. The van der Waals surface area contributed by atoms with Crippen molar-refractivity contribution >= 4 is 46.1 Å². The van der Waals surface area contributed by atoms with Gasteiger partial charge >= 0.3 is 0 Å². The third-order valence-corrected chi connectivity index (χ3v) is 4.93. The maximum atomic E-state index is 11.2. The molecular formula is C21H31Cl3N2O2. The van der Waals surface area contributed by atoms with E-state index in [0.29, 0.717) is 5.56 Å². The van der Waals surface area contributed by atoms with Gasteiger partial charge in [0.15, 0.2) is 0 Å². The minimum Gasteiger partial charge on any atom is -0.280 e. The molecule has 7 heteroatoms. The highest BCUT2D eigenvalue weighted by Gasteiger charge is 2.39. The lowest BCUT2D eigenvalue weighted by atomic mass is 9.71. The highest BCUT2D eigenvalue weighted by molar-refractivity contribution is 6.67. The van der Waals surface area contributed by atoms with Crippen LogP contribution in [0.25, 0.3) is 0 Å². The number of benzene rings is 1. The molecule has 0 amide bonds. The zero-order valence-corrected chi connectivity index (χ0v) is 19.6. The lowest BCUT2D eigenvalue weighted by Crippen LogP contribution is -2.41. The van der Waals surface area contributed by atoms with Crippen molar-refractivity contribution in [3.05, 3.63) is 59.7 Å². The van der Waals surface area contributed by atoms with Crippen LogP contribution in [-0.4, -0.2) is 16.0 Å². The Morgan fingerprint density at radius 2 is 1.61 bits per heavy atom.